The van der Waals surface area contributed by atoms with Gasteiger partial charge in [0.05, 0.1) is 5.88 Å². The number of pyridine rings is 1. The predicted octanol–water partition coefficient (Wildman–Crippen LogP) is 2.33. The maximum Gasteiger partial charge on any atom is 0.129 e. The average molecular weight is 199 g/mol. The first kappa shape index (κ1) is 7.95. The minimum Gasteiger partial charge on any atom is -0.375 e. The average Bonchev–Trinajstić information content (AvgIpc) is 2.56. The van der Waals surface area contributed by atoms with Crippen molar-refractivity contribution in [3.8, 4) is 0 Å². The SMILES string of the molecule is Clc1cc(C2=CSCN2)ccn1. The topological polar surface area (TPSA) is 24.9 Å². The molecule has 12 heavy (non-hydrogen) atoms. The van der Waals surface area contributed by atoms with Gasteiger partial charge in [-0.15, -0.1) is 11.8 Å². The van der Waals surface area contributed by atoms with E-state index in [2.05, 4.69) is 15.7 Å². The maximum absolute atomic E-state index is 5.75. The summed E-state index contributed by atoms with van der Waals surface area (Å²) >= 11 is 7.50. The quantitative estimate of drug-likeness (QED) is 0.702. The Kier molecular flexibility index (Phi) is 2.23. The molecule has 0 atom stereocenters. The zero-order chi connectivity index (χ0) is 8.39. The first-order valence-electron chi connectivity index (χ1n) is 3.54. The van der Waals surface area contributed by atoms with Crippen LogP contribution < -0.4 is 5.32 Å². The molecule has 0 bridgehead atoms. The van der Waals surface area contributed by atoms with Gasteiger partial charge in [-0.3, -0.25) is 0 Å². The van der Waals surface area contributed by atoms with Crippen LogP contribution in [0.3, 0.4) is 0 Å². The van der Waals surface area contributed by atoms with Crippen LogP contribution in [0.5, 0.6) is 0 Å². The highest BCUT2D eigenvalue weighted by Crippen LogP contribution is 2.22. The van der Waals surface area contributed by atoms with Gasteiger partial charge in [-0.2, -0.15) is 0 Å². The largest absolute Gasteiger partial charge is 0.375 e. The van der Waals surface area contributed by atoms with Gasteiger partial charge >= 0.3 is 0 Å². The molecule has 0 aromatic carbocycles. The maximum atomic E-state index is 5.75. The molecule has 0 saturated carbocycles. The summed E-state index contributed by atoms with van der Waals surface area (Å²) in [6, 6.07) is 3.79. The second-order valence-corrected chi connectivity index (χ2v) is 3.63. The number of thioether (sulfide) groups is 1. The third-order valence-corrected chi connectivity index (χ3v) is 2.50. The summed E-state index contributed by atoms with van der Waals surface area (Å²) < 4.78 is 0. The molecule has 0 spiro atoms. The van der Waals surface area contributed by atoms with Crippen molar-refractivity contribution in [3.05, 3.63) is 34.5 Å². The normalized spacial score (nSPS) is 15.6. The fraction of sp³-hybridized carbons (Fsp3) is 0.125. The monoisotopic (exact) mass is 198 g/mol. The van der Waals surface area contributed by atoms with E-state index in [1.165, 1.54) is 0 Å². The van der Waals surface area contributed by atoms with Crippen LogP contribution in [0.2, 0.25) is 5.15 Å². The number of halogens is 1. The molecule has 1 N–H and O–H groups in total. The van der Waals surface area contributed by atoms with Crippen molar-refractivity contribution in [2.75, 3.05) is 5.88 Å². The highest BCUT2D eigenvalue weighted by molar-refractivity contribution is 8.02. The minimum absolute atomic E-state index is 0.534. The molecule has 0 unspecified atom stereocenters. The second-order valence-electron chi connectivity index (χ2n) is 2.39. The molecule has 0 radical (unpaired) electrons. The summed E-state index contributed by atoms with van der Waals surface area (Å²) in [6.45, 7) is 0. The van der Waals surface area contributed by atoms with E-state index in [1.807, 2.05) is 12.1 Å². The van der Waals surface area contributed by atoms with Gasteiger partial charge in [0.25, 0.3) is 0 Å². The molecule has 1 aliphatic rings. The van der Waals surface area contributed by atoms with Crippen molar-refractivity contribution in [3.63, 3.8) is 0 Å². The summed E-state index contributed by atoms with van der Waals surface area (Å²) in [5.41, 5.74) is 2.23. The van der Waals surface area contributed by atoms with E-state index in [0.29, 0.717) is 5.15 Å². The lowest BCUT2D eigenvalue weighted by Crippen LogP contribution is -2.04. The molecule has 1 aromatic rings. The molecule has 1 aliphatic heterocycles. The van der Waals surface area contributed by atoms with Crippen molar-refractivity contribution in [2.45, 2.75) is 0 Å². The van der Waals surface area contributed by atoms with Crippen LogP contribution >= 0.6 is 23.4 Å². The zero-order valence-corrected chi connectivity index (χ0v) is 7.82. The van der Waals surface area contributed by atoms with Gasteiger partial charge in [-0.1, -0.05) is 11.6 Å². The van der Waals surface area contributed by atoms with Gasteiger partial charge in [-0.05, 0) is 17.5 Å². The Labute approximate surface area is 80.0 Å². The molecule has 0 amide bonds. The molecule has 1 aromatic heterocycles. The molecule has 4 heteroatoms. The van der Waals surface area contributed by atoms with E-state index in [0.717, 1.165) is 17.1 Å². The van der Waals surface area contributed by atoms with Gasteiger partial charge in [0.2, 0.25) is 0 Å². The van der Waals surface area contributed by atoms with Crippen LogP contribution in [-0.4, -0.2) is 10.9 Å². The molecular formula is C8H7ClN2S. The van der Waals surface area contributed by atoms with Gasteiger partial charge < -0.3 is 5.32 Å². The smallest absolute Gasteiger partial charge is 0.129 e. The molecule has 2 nitrogen and oxygen atoms in total. The summed E-state index contributed by atoms with van der Waals surface area (Å²) in [7, 11) is 0. The lowest BCUT2D eigenvalue weighted by molar-refractivity contribution is 1.10. The van der Waals surface area contributed by atoms with E-state index >= 15 is 0 Å². The summed E-state index contributed by atoms with van der Waals surface area (Å²) in [5, 5.41) is 5.86. The highest BCUT2D eigenvalue weighted by Gasteiger charge is 2.06. The van der Waals surface area contributed by atoms with E-state index in [-0.39, 0.29) is 0 Å². The first-order valence-corrected chi connectivity index (χ1v) is 4.96. The number of hydrogen-bond acceptors (Lipinski definition) is 3. The van der Waals surface area contributed by atoms with Crippen molar-refractivity contribution in [1.29, 1.82) is 0 Å². The van der Waals surface area contributed by atoms with Crippen LogP contribution in [0.4, 0.5) is 0 Å². The minimum atomic E-state index is 0.534. The standard InChI is InChI=1S/C8H7ClN2S/c9-8-3-6(1-2-10-8)7-4-12-5-11-7/h1-4,11H,5H2. The molecule has 2 rings (SSSR count). The van der Waals surface area contributed by atoms with Gasteiger partial charge in [0, 0.05) is 17.5 Å². The Hall–Kier alpha value is -0.670. The number of aromatic nitrogens is 1. The second kappa shape index (κ2) is 3.37. The molecule has 0 fully saturated rings. The lowest BCUT2D eigenvalue weighted by atomic mass is 10.2. The van der Waals surface area contributed by atoms with E-state index in [4.69, 9.17) is 11.6 Å². The Bertz CT molecular complexity index is 325. The third-order valence-electron chi connectivity index (χ3n) is 1.58. The van der Waals surface area contributed by atoms with E-state index in [9.17, 15) is 0 Å². The van der Waals surface area contributed by atoms with E-state index in [1.54, 1.807) is 18.0 Å². The van der Waals surface area contributed by atoms with Gasteiger partial charge in [-0.25, -0.2) is 4.98 Å². The Balaban J connectivity index is 2.33. The van der Waals surface area contributed by atoms with Crippen molar-refractivity contribution < 1.29 is 0 Å². The molecular weight excluding hydrogens is 192 g/mol. The third kappa shape index (κ3) is 1.57. The van der Waals surface area contributed by atoms with E-state index < -0.39 is 0 Å². The molecule has 62 valence electrons. The van der Waals surface area contributed by atoms with Crippen molar-refractivity contribution in [2.24, 2.45) is 0 Å². The summed E-state index contributed by atoms with van der Waals surface area (Å²) in [4.78, 5) is 3.91. The van der Waals surface area contributed by atoms with Gasteiger partial charge in [0.15, 0.2) is 0 Å². The van der Waals surface area contributed by atoms with Crippen LogP contribution in [0.25, 0.3) is 5.70 Å². The molecule has 0 aliphatic carbocycles. The zero-order valence-electron chi connectivity index (χ0n) is 6.25. The van der Waals surface area contributed by atoms with Crippen LogP contribution in [0.1, 0.15) is 5.56 Å². The lowest BCUT2D eigenvalue weighted by Gasteiger charge is -2.02. The van der Waals surface area contributed by atoms with Crippen LogP contribution in [0, 0.1) is 0 Å². The summed E-state index contributed by atoms with van der Waals surface area (Å²) in [5.74, 6) is 0.940. The van der Waals surface area contributed by atoms with Crippen LogP contribution in [-0.2, 0) is 0 Å². The first-order chi connectivity index (χ1) is 5.86. The Morgan fingerprint density at radius 3 is 3.17 bits per heavy atom. The fourth-order valence-corrected chi connectivity index (χ4v) is 1.91. The Morgan fingerprint density at radius 1 is 1.58 bits per heavy atom. The van der Waals surface area contributed by atoms with Crippen molar-refractivity contribution in [1.82, 2.24) is 10.3 Å². The molecule has 0 saturated heterocycles. The molecule has 2 heterocycles. The fourth-order valence-electron chi connectivity index (χ4n) is 1.03. The van der Waals surface area contributed by atoms with Crippen LogP contribution in [0.15, 0.2) is 23.7 Å². The number of nitrogens with one attached hydrogen (secondary N) is 1. The highest BCUT2D eigenvalue weighted by atomic mass is 35.5. The Morgan fingerprint density at radius 2 is 2.50 bits per heavy atom. The number of nitrogens with zero attached hydrogens (tertiary/aromatic N) is 1. The number of rotatable bonds is 1. The predicted molar refractivity (Wildman–Crippen MR) is 52.8 cm³/mol. The number of hydrogen-bond donors (Lipinski definition) is 1. The van der Waals surface area contributed by atoms with Gasteiger partial charge in [0.1, 0.15) is 5.15 Å². The van der Waals surface area contributed by atoms with Crippen molar-refractivity contribution >= 4 is 29.1 Å². The summed E-state index contributed by atoms with van der Waals surface area (Å²) in [6.07, 6.45) is 1.71.